The van der Waals surface area contributed by atoms with Gasteiger partial charge in [-0.1, -0.05) is 11.6 Å². The summed E-state index contributed by atoms with van der Waals surface area (Å²) in [5.74, 6) is 1.06. The fraction of sp³-hybridized carbons (Fsp3) is 0.333. The number of hydrogen-bond acceptors (Lipinski definition) is 5. The van der Waals surface area contributed by atoms with Crippen molar-refractivity contribution in [1.82, 2.24) is 15.0 Å². The molecule has 0 bridgehead atoms. The van der Waals surface area contributed by atoms with Crippen LogP contribution in [-0.2, 0) is 11.8 Å². The van der Waals surface area contributed by atoms with Crippen LogP contribution in [0.3, 0.4) is 0 Å². The number of aromatic nitrogens is 3. The van der Waals surface area contributed by atoms with Crippen molar-refractivity contribution >= 4 is 17.4 Å². The lowest BCUT2D eigenvalue weighted by Crippen LogP contribution is -2.39. The highest BCUT2D eigenvalue weighted by Crippen LogP contribution is 2.36. The van der Waals surface area contributed by atoms with Gasteiger partial charge in [0.2, 0.25) is 0 Å². The molecule has 2 aromatic rings. The van der Waals surface area contributed by atoms with E-state index in [2.05, 4.69) is 15.0 Å². The number of fused-ring (bicyclic) bond motifs is 1. The first kappa shape index (κ1) is 13.9. The van der Waals surface area contributed by atoms with Crippen LogP contribution in [0.5, 0.6) is 5.75 Å². The SMILES string of the molecule is COc1cnc(C2(C)CCc3nc(Cl)ccc3C2=O)nc1. The Morgan fingerprint density at radius 2 is 2.00 bits per heavy atom. The number of nitrogens with zero attached hydrogens (tertiary/aromatic N) is 3. The Balaban J connectivity index is 2.02. The van der Waals surface area contributed by atoms with Gasteiger partial charge in [0.15, 0.2) is 11.5 Å². The molecule has 3 rings (SSSR count). The van der Waals surface area contributed by atoms with Crippen LogP contribution >= 0.6 is 11.6 Å². The van der Waals surface area contributed by atoms with Crippen molar-refractivity contribution in [3.8, 4) is 5.75 Å². The molecule has 5 nitrogen and oxygen atoms in total. The summed E-state index contributed by atoms with van der Waals surface area (Å²) >= 11 is 5.88. The predicted octanol–water partition coefficient (Wildman–Crippen LogP) is 2.62. The molecule has 0 spiro atoms. The van der Waals surface area contributed by atoms with Crippen molar-refractivity contribution in [1.29, 1.82) is 0 Å². The molecule has 0 amide bonds. The third-order valence-electron chi connectivity index (χ3n) is 3.91. The second-order valence-electron chi connectivity index (χ2n) is 5.24. The molecule has 1 atom stereocenters. The van der Waals surface area contributed by atoms with E-state index < -0.39 is 5.41 Å². The Morgan fingerprint density at radius 3 is 2.67 bits per heavy atom. The average Bonchev–Trinajstić information content (AvgIpc) is 2.51. The second-order valence-corrected chi connectivity index (χ2v) is 5.62. The molecule has 0 saturated carbocycles. The standard InChI is InChI=1S/C15H14ClN3O2/c1-15(14-17-7-9(21-2)8-18-14)6-5-11-10(13(15)20)3-4-12(16)19-11/h3-4,7-8H,5-6H2,1-2H3. The van der Waals surface area contributed by atoms with Gasteiger partial charge in [-0.25, -0.2) is 15.0 Å². The van der Waals surface area contributed by atoms with E-state index in [-0.39, 0.29) is 5.78 Å². The van der Waals surface area contributed by atoms with Crippen molar-refractivity contribution in [2.24, 2.45) is 0 Å². The Kier molecular flexibility index (Phi) is 3.37. The summed E-state index contributed by atoms with van der Waals surface area (Å²) in [5.41, 5.74) is 0.612. The van der Waals surface area contributed by atoms with E-state index in [9.17, 15) is 4.79 Å². The van der Waals surface area contributed by atoms with Gasteiger partial charge in [-0.15, -0.1) is 0 Å². The van der Waals surface area contributed by atoms with Crippen molar-refractivity contribution in [3.63, 3.8) is 0 Å². The van der Waals surface area contributed by atoms with Crippen LogP contribution in [-0.4, -0.2) is 27.8 Å². The van der Waals surface area contributed by atoms with E-state index in [1.807, 2.05) is 6.92 Å². The van der Waals surface area contributed by atoms with E-state index in [0.717, 1.165) is 5.69 Å². The lowest BCUT2D eigenvalue weighted by molar-refractivity contribution is 0.0866. The first-order valence-electron chi connectivity index (χ1n) is 6.61. The van der Waals surface area contributed by atoms with Crippen LogP contribution in [0.15, 0.2) is 24.5 Å². The highest BCUT2D eigenvalue weighted by molar-refractivity contribution is 6.29. The minimum Gasteiger partial charge on any atom is -0.494 e. The van der Waals surface area contributed by atoms with Gasteiger partial charge in [0.1, 0.15) is 11.0 Å². The van der Waals surface area contributed by atoms with Crippen LogP contribution in [0.25, 0.3) is 0 Å². The largest absolute Gasteiger partial charge is 0.494 e. The van der Waals surface area contributed by atoms with E-state index in [4.69, 9.17) is 16.3 Å². The van der Waals surface area contributed by atoms with Crippen molar-refractivity contribution in [2.75, 3.05) is 7.11 Å². The zero-order valence-electron chi connectivity index (χ0n) is 11.8. The number of carbonyl (C=O) groups excluding carboxylic acids is 1. The molecule has 0 radical (unpaired) electrons. The van der Waals surface area contributed by atoms with Gasteiger partial charge >= 0.3 is 0 Å². The molecule has 0 N–H and O–H groups in total. The molecule has 1 unspecified atom stereocenters. The lowest BCUT2D eigenvalue weighted by atomic mass is 9.72. The van der Waals surface area contributed by atoms with Gasteiger partial charge in [-0.3, -0.25) is 4.79 Å². The van der Waals surface area contributed by atoms with E-state index in [1.54, 1.807) is 31.6 Å². The zero-order valence-corrected chi connectivity index (χ0v) is 12.5. The average molecular weight is 304 g/mol. The van der Waals surface area contributed by atoms with Crippen LogP contribution in [0.2, 0.25) is 5.15 Å². The Bertz CT molecular complexity index is 703. The van der Waals surface area contributed by atoms with Gasteiger partial charge in [0.05, 0.1) is 30.6 Å². The molecule has 1 aliphatic rings. The zero-order chi connectivity index (χ0) is 15.0. The maximum Gasteiger partial charge on any atom is 0.178 e. The van der Waals surface area contributed by atoms with Gasteiger partial charge in [-0.05, 0) is 31.9 Å². The summed E-state index contributed by atoms with van der Waals surface area (Å²) in [6, 6.07) is 3.37. The van der Waals surface area contributed by atoms with E-state index in [0.29, 0.717) is 35.1 Å². The third-order valence-corrected chi connectivity index (χ3v) is 4.12. The third kappa shape index (κ3) is 2.27. The molecule has 0 aliphatic heterocycles. The number of methoxy groups -OCH3 is 1. The summed E-state index contributed by atoms with van der Waals surface area (Å²) in [6.45, 7) is 1.87. The summed E-state index contributed by atoms with van der Waals surface area (Å²) < 4.78 is 5.05. The minimum absolute atomic E-state index is 0.0157. The summed E-state index contributed by atoms with van der Waals surface area (Å²) in [5, 5.41) is 0.408. The summed E-state index contributed by atoms with van der Waals surface area (Å²) in [7, 11) is 1.55. The van der Waals surface area contributed by atoms with Crippen LogP contribution in [0.4, 0.5) is 0 Å². The fourth-order valence-electron chi connectivity index (χ4n) is 2.57. The van der Waals surface area contributed by atoms with Gasteiger partial charge in [0, 0.05) is 5.56 Å². The summed E-state index contributed by atoms with van der Waals surface area (Å²) in [4.78, 5) is 25.6. The molecular formula is C15H14ClN3O2. The molecule has 2 heterocycles. The molecule has 6 heteroatoms. The molecule has 2 aromatic heterocycles. The molecular weight excluding hydrogens is 290 g/mol. The van der Waals surface area contributed by atoms with Crippen LogP contribution < -0.4 is 4.74 Å². The summed E-state index contributed by atoms with van der Waals surface area (Å²) in [6.07, 6.45) is 4.44. The van der Waals surface area contributed by atoms with Crippen molar-refractivity contribution in [2.45, 2.75) is 25.2 Å². The molecule has 0 aromatic carbocycles. The van der Waals surface area contributed by atoms with Crippen LogP contribution in [0, 0.1) is 0 Å². The number of Topliss-reactive ketones (excluding diaryl/α,β-unsaturated/α-hetero) is 1. The molecule has 0 fully saturated rings. The van der Waals surface area contributed by atoms with E-state index >= 15 is 0 Å². The fourth-order valence-corrected chi connectivity index (χ4v) is 2.74. The lowest BCUT2D eigenvalue weighted by Gasteiger charge is -2.31. The highest BCUT2D eigenvalue weighted by atomic mass is 35.5. The smallest absolute Gasteiger partial charge is 0.178 e. The molecule has 108 valence electrons. The van der Waals surface area contributed by atoms with Gasteiger partial charge in [0.25, 0.3) is 0 Å². The van der Waals surface area contributed by atoms with Crippen molar-refractivity contribution in [3.05, 3.63) is 46.8 Å². The predicted molar refractivity (Wildman–Crippen MR) is 77.8 cm³/mol. The second kappa shape index (κ2) is 5.07. The number of ketones is 1. The Morgan fingerprint density at radius 1 is 1.29 bits per heavy atom. The number of aryl methyl sites for hydroxylation is 1. The maximum atomic E-state index is 12.8. The monoisotopic (exact) mass is 303 g/mol. The van der Waals surface area contributed by atoms with Crippen molar-refractivity contribution < 1.29 is 9.53 Å². The van der Waals surface area contributed by atoms with Gasteiger partial charge < -0.3 is 4.74 Å². The normalized spacial score (nSPS) is 21.0. The van der Waals surface area contributed by atoms with E-state index in [1.165, 1.54) is 0 Å². The van der Waals surface area contributed by atoms with Gasteiger partial charge in [-0.2, -0.15) is 0 Å². The molecule has 1 aliphatic carbocycles. The number of hydrogen-bond donors (Lipinski definition) is 0. The number of rotatable bonds is 2. The first-order chi connectivity index (χ1) is 10.0. The number of halogens is 1. The topological polar surface area (TPSA) is 65.0 Å². The Hall–Kier alpha value is -2.01. The molecule has 0 saturated heterocycles. The van der Waals surface area contributed by atoms with Crippen LogP contribution in [0.1, 0.15) is 35.2 Å². The Labute approximate surface area is 127 Å². The highest BCUT2D eigenvalue weighted by Gasteiger charge is 2.42. The number of carbonyl (C=O) groups is 1. The first-order valence-corrected chi connectivity index (χ1v) is 6.99. The number of ether oxygens (including phenoxy) is 1. The quantitative estimate of drug-likeness (QED) is 0.798. The molecule has 21 heavy (non-hydrogen) atoms. The number of pyridine rings is 1. The minimum atomic E-state index is -0.741. The maximum absolute atomic E-state index is 12.8.